The van der Waals surface area contributed by atoms with Gasteiger partial charge in [-0.05, 0) is 57.2 Å². The fourth-order valence-electron chi connectivity index (χ4n) is 4.27. The van der Waals surface area contributed by atoms with Gasteiger partial charge >= 0.3 is 0 Å². The standard InChI is InChI=1S/C18H28N2O/c1-4-6-8-20-9-7-13-10-16-17(18(21)15(13)11-20)14(5-2)12(3)19-16/h13,15,19H,4-11H2,1-3H3. The fraction of sp³-hybridized carbons (Fsp3) is 0.722. The van der Waals surface area contributed by atoms with E-state index in [1.165, 1.54) is 42.8 Å². The van der Waals surface area contributed by atoms with E-state index in [9.17, 15) is 4.79 Å². The summed E-state index contributed by atoms with van der Waals surface area (Å²) in [5, 5.41) is 0. The van der Waals surface area contributed by atoms with Gasteiger partial charge in [0.05, 0.1) is 0 Å². The number of Topliss-reactive ketones (excluding diaryl/α,β-unsaturated/α-hetero) is 1. The second kappa shape index (κ2) is 5.96. The van der Waals surface area contributed by atoms with Crippen LogP contribution < -0.4 is 0 Å². The Balaban J connectivity index is 1.83. The van der Waals surface area contributed by atoms with E-state index in [0.29, 0.717) is 11.7 Å². The van der Waals surface area contributed by atoms with Gasteiger partial charge in [0, 0.05) is 29.4 Å². The maximum Gasteiger partial charge on any atom is 0.169 e. The molecule has 0 spiro atoms. The zero-order valence-electron chi connectivity index (χ0n) is 13.7. The molecule has 1 aliphatic carbocycles. The highest BCUT2D eigenvalue weighted by atomic mass is 16.1. The number of aromatic nitrogens is 1. The number of unbranched alkanes of at least 4 members (excludes halogenated alkanes) is 1. The van der Waals surface area contributed by atoms with Gasteiger partial charge in [0.1, 0.15) is 0 Å². The maximum atomic E-state index is 13.0. The molecule has 116 valence electrons. The van der Waals surface area contributed by atoms with E-state index < -0.39 is 0 Å². The first kappa shape index (κ1) is 14.8. The third-order valence-corrected chi connectivity index (χ3v) is 5.47. The van der Waals surface area contributed by atoms with Crippen LogP contribution in [-0.4, -0.2) is 35.3 Å². The molecule has 1 aromatic heterocycles. The molecule has 0 aromatic carbocycles. The molecule has 1 saturated heterocycles. The van der Waals surface area contributed by atoms with Gasteiger partial charge in [-0.1, -0.05) is 20.3 Å². The Labute approximate surface area is 128 Å². The van der Waals surface area contributed by atoms with E-state index in [0.717, 1.165) is 31.5 Å². The normalized spacial score (nSPS) is 25.8. The summed E-state index contributed by atoms with van der Waals surface area (Å²) in [5.74, 6) is 1.22. The van der Waals surface area contributed by atoms with Gasteiger partial charge < -0.3 is 9.88 Å². The number of carbonyl (C=O) groups is 1. The highest BCUT2D eigenvalue weighted by Gasteiger charge is 2.41. The van der Waals surface area contributed by atoms with Crippen molar-refractivity contribution in [2.45, 2.75) is 52.9 Å². The van der Waals surface area contributed by atoms with Crippen LogP contribution in [0, 0.1) is 18.8 Å². The van der Waals surface area contributed by atoms with Gasteiger partial charge in [0.15, 0.2) is 5.78 Å². The number of nitrogens with one attached hydrogen (secondary N) is 1. The molecule has 0 bridgehead atoms. The second-order valence-electron chi connectivity index (χ2n) is 6.81. The van der Waals surface area contributed by atoms with Crippen molar-refractivity contribution < 1.29 is 4.79 Å². The lowest BCUT2D eigenvalue weighted by Crippen LogP contribution is -2.47. The summed E-state index contributed by atoms with van der Waals surface area (Å²) >= 11 is 0. The predicted molar refractivity (Wildman–Crippen MR) is 85.9 cm³/mol. The van der Waals surface area contributed by atoms with Crippen molar-refractivity contribution in [2.75, 3.05) is 19.6 Å². The summed E-state index contributed by atoms with van der Waals surface area (Å²) < 4.78 is 0. The number of ketones is 1. The van der Waals surface area contributed by atoms with Crippen molar-refractivity contribution in [1.29, 1.82) is 0 Å². The summed E-state index contributed by atoms with van der Waals surface area (Å²) in [6.45, 7) is 9.82. The minimum absolute atomic E-state index is 0.239. The average molecular weight is 288 g/mol. The van der Waals surface area contributed by atoms with E-state index in [1.54, 1.807) is 0 Å². The van der Waals surface area contributed by atoms with Gasteiger partial charge in [-0.3, -0.25) is 4.79 Å². The topological polar surface area (TPSA) is 36.1 Å². The van der Waals surface area contributed by atoms with Crippen molar-refractivity contribution in [3.63, 3.8) is 0 Å². The number of piperidine rings is 1. The summed E-state index contributed by atoms with van der Waals surface area (Å²) in [6, 6.07) is 0. The van der Waals surface area contributed by atoms with Crippen LogP contribution in [0.4, 0.5) is 0 Å². The molecule has 1 N–H and O–H groups in total. The Bertz CT molecular complexity index is 532. The van der Waals surface area contributed by atoms with E-state index in [-0.39, 0.29) is 5.92 Å². The first-order chi connectivity index (χ1) is 10.2. The smallest absolute Gasteiger partial charge is 0.169 e. The number of aryl methyl sites for hydroxylation is 1. The molecule has 2 heterocycles. The number of H-pyrrole nitrogens is 1. The van der Waals surface area contributed by atoms with Gasteiger partial charge in [-0.2, -0.15) is 0 Å². The maximum absolute atomic E-state index is 13.0. The van der Waals surface area contributed by atoms with Gasteiger partial charge in [-0.15, -0.1) is 0 Å². The Kier molecular flexibility index (Phi) is 4.21. The quantitative estimate of drug-likeness (QED) is 0.922. The van der Waals surface area contributed by atoms with Crippen LogP contribution in [-0.2, 0) is 12.8 Å². The van der Waals surface area contributed by atoms with Gasteiger partial charge in [0.25, 0.3) is 0 Å². The predicted octanol–water partition coefficient (Wildman–Crippen LogP) is 3.36. The van der Waals surface area contributed by atoms with Crippen molar-refractivity contribution >= 4 is 5.78 Å². The van der Waals surface area contributed by atoms with E-state index in [4.69, 9.17) is 0 Å². The molecule has 1 fully saturated rings. The average Bonchev–Trinajstić information content (AvgIpc) is 2.81. The lowest BCUT2D eigenvalue weighted by atomic mass is 9.72. The van der Waals surface area contributed by atoms with Crippen LogP contribution in [0.5, 0.6) is 0 Å². The minimum atomic E-state index is 0.239. The molecule has 0 amide bonds. The zero-order valence-corrected chi connectivity index (χ0v) is 13.7. The van der Waals surface area contributed by atoms with Crippen molar-refractivity contribution in [3.05, 3.63) is 22.5 Å². The molecular formula is C18H28N2O. The lowest BCUT2D eigenvalue weighted by molar-refractivity contribution is 0.0658. The first-order valence-corrected chi connectivity index (χ1v) is 8.62. The zero-order chi connectivity index (χ0) is 15.0. The molecule has 1 aliphatic heterocycles. The number of aromatic amines is 1. The summed E-state index contributed by atoms with van der Waals surface area (Å²) in [6.07, 6.45) is 5.70. The van der Waals surface area contributed by atoms with Crippen LogP contribution in [0.1, 0.15) is 60.4 Å². The summed E-state index contributed by atoms with van der Waals surface area (Å²) in [7, 11) is 0. The van der Waals surface area contributed by atoms with Crippen LogP contribution in [0.2, 0.25) is 0 Å². The Morgan fingerprint density at radius 1 is 1.33 bits per heavy atom. The molecule has 3 rings (SSSR count). The third-order valence-electron chi connectivity index (χ3n) is 5.47. The first-order valence-electron chi connectivity index (χ1n) is 8.62. The molecule has 2 aliphatic rings. The van der Waals surface area contributed by atoms with Gasteiger partial charge in [0.2, 0.25) is 0 Å². The van der Waals surface area contributed by atoms with Gasteiger partial charge in [-0.25, -0.2) is 0 Å². The fourth-order valence-corrected chi connectivity index (χ4v) is 4.27. The highest BCUT2D eigenvalue weighted by molar-refractivity contribution is 6.02. The van der Waals surface area contributed by atoms with E-state index >= 15 is 0 Å². The molecule has 2 atom stereocenters. The van der Waals surface area contributed by atoms with Crippen LogP contribution in [0.3, 0.4) is 0 Å². The number of hydrogen-bond donors (Lipinski definition) is 1. The molecule has 3 heteroatoms. The molecular weight excluding hydrogens is 260 g/mol. The van der Waals surface area contributed by atoms with Crippen LogP contribution in [0.15, 0.2) is 0 Å². The number of carbonyl (C=O) groups excluding carboxylic acids is 1. The summed E-state index contributed by atoms with van der Waals surface area (Å²) in [4.78, 5) is 19.0. The molecule has 21 heavy (non-hydrogen) atoms. The molecule has 1 aromatic rings. The largest absolute Gasteiger partial charge is 0.362 e. The van der Waals surface area contributed by atoms with Crippen LogP contribution >= 0.6 is 0 Å². The molecule has 3 nitrogen and oxygen atoms in total. The van der Waals surface area contributed by atoms with Crippen molar-refractivity contribution in [3.8, 4) is 0 Å². The SMILES string of the molecule is CCCCN1CCC2Cc3[nH]c(C)c(CC)c3C(=O)C2C1. The Morgan fingerprint density at radius 2 is 2.14 bits per heavy atom. The number of fused-ring (bicyclic) bond motifs is 2. The van der Waals surface area contributed by atoms with E-state index in [2.05, 4.69) is 30.7 Å². The number of likely N-dealkylation sites (tertiary alicyclic amines) is 1. The summed E-state index contributed by atoms with van der Waals surface area (Å²) in [5.41, 5.74) is 4.74. The van der Waals surface area contributed by atoms with Crippen molar-refractivity contribution in [2.24, 2.45) is 11.8 Å². The molecule has 0 radical (unpaired) electrons. The highest BCUT2D eigenvalue weighted by Crippen LogP contribution is 2.38. The molecule has 2 unspecified atom stereocenters. The Hall–Kier alpha value is -1.09. The van der Waals surface area contributed by atoms with Crippen molar-refractivity contribution in [1.82, 2.24) is 9.88 Å². The number of rotatable bonds is 4. The monoisotopic (exact) mass is 288 g/mol. The Morgan fingerprint density at radius 3 is 2.86 bits per heavy atom. The molecule has 0 saturated carbocycles. The minimum Gasteiger partial charge on any atom is -0.362 e. The third kappa shape index (κ3) is 2.57. The van der Waals surface area contributed by atoms with Crippen LogP contribution in [0.25, 0.3) is 0 Å². The number of nitrogens with zero attached hydrogens (tertiary/aromatic N) is 1. The number of hydrogen-bond acceptors (Lipinski definition) is 2. The second-order valence-corrected chi connectivity index (χ2v) is 6.81. The van der Waals surface area contributed by atoms with E-state index in [1.807, 2.05) is 0 Å². The lowest BCUT2D eigenvalue weighted by Gasteiger charge is -2.40.